The Hall–Kier alpha value is -0.820. The molecule has 0 aromatic heterocycles. The number of hydrogen-bond donors (Lipinski definition) is 1. The highest BCUT2D eigenvalue weighted by Gasteiger charge is 2.07. The minimum Gasteiger partial charge on any atom is -0.324 e. The van der Waals surface area contributed by atoms with Gasteiger partial charge in [-0.3, -0.25) is 0 Å². The van der Waals surface area contributed by atoms with Crippen LogP contribution >= 0.6 is 0 Å². The summed E-state index contributed by atoms with van der Waals surface area (Å²) in [6, 6.07) is 4.64. The summed E-state index contributed by atoms with van der Waals surface area (Å²) in [7, 11) is 0. The third-order valence-electron chi connectivity index (χ3n) is 2.72. The van der Waals surface area contributed by atoms with Crippen molar-refractivity contribution in [3.8, 4) is 0 Å². The third kappa shape index (κ3) is 2.10. The first-order valence-corrected chi connectivity index (χ1v) is 4.89. The normalized spacial score (nSPS) is 13.0. The maximum Gasteiger partial charge on any atom is 0.0294 e. The third-order valence-corrected chi connectivity index (χ3v) is 2.72. The fourth-order valence-corrected chi connectivity index (χ4v) is 1.60. The first-order valence-electron chi connectivity index (χ1n) is 4.89. The molecule has 2 N–H and O–H groups in total. The zero-order valence-electron chi connectivity index (χ0n) is 9.02. The van der Waals surface area contributed by atoms with Gasteiger partial charge in [0.05, 0.1) is 0 Å². The molecule has 72 valence electrons. The minimum absolute atomic E-state index is 0.194. The zero-order chi connectivity index (χ0) is 10.0. The summed E-state index contributed by atoms with van der Waals surface area (Å²) >= 11 is 0. The number of nitrogens with two attached hydrogens (primary N) is 1. The molecular formula is C12H19N. The van der Waals surface area contributed by atoms with Crippen molar-refractivity contribution >= 4 is 0 Å². The topological polar surface area (TPSA) is 26.0 Å². The van der Waals surface area contributed by atoms with Gasteiger partial charge in [0.1, 0.15) is 0 Å². The van der Waals surface area contributed by atoms with Crippen molar-refractivity contribution in [1.29, 1.82) is 0 Å². The average Bonchev–Trinajstić information content (AvgIpc) is 2.10. The summed E-state index contributed by atoms with van der Waals surface area (Å²) in [5.74, 6) is 0. The Labute approximate surface area is 81.0 Å². The Morgan fingerprint density at radius 2 is 1.62 bits per heavy atom. The second-order valence-corrected chi connectivity index (χ2v) is 3.81. The molecule has 0 saturated heterocycles. The van der Waals surface area contributed by atoms with Crippen molar-refractivity contribution in [3.63, 3.8) is 0 Å². The molecule has 0 radical (unpaired) electrons. The predicted molar refractivity (Wildman–Crippen MR) is 57.9 cm³/mol. The summed E-state index contributed by atoms with van der Waals surface area (Å²) < 4.78 is 0. The quantitative estimate of drug-likeness (QED) is 0.738. The molecule has 0 spiro atoms. The van der Waals surface area contributed by atoms with Crippen LogP contribution in [0.3, 0.4) is 0 Å². The van der Waals surface area contributed by atoms with Crippen molar-refractivity contribution in [2.45, 2.75) is 40.2 Å². The van der Waals surface area contributed by atoms with Crippen LogP contribution in [-0.2, 0) is 0 Å². The molecule has 1 rings (SSSR count). The molecule has 0 saturated carbocycles. The fourth-order valence-electron chi connectivity index (χ4n) is 1.60. The van der Waals surface area contributed by atoms with E-state index in [1.807, 2.05) is 0 Å². The molecule has 1 nitrogen and oxygen atoms in total. The smallest absolute Gasteiger partial charge is 0.0294 e. The van der Waals surface area contributed by atoms with Crippen molar-refractivity contribution in [2.24, 2.45) is 5.73 Å². The molecule has 13 heavy (non-hydrogen) atoms. The van der Waals surface area contributed by atoms with Gasteiger partial charge in [0.15, 0.2) is 0 Å². The van der Waals surface area contributed by atoms with Gasteiger partial charge in [0, 0.05) is 6.04 Å². The molecule has 1 atom stereocenters. The SMILES string of the molecule is CCC(N)c1cc(C)c(C)cc1C. The zero-order valence-corrected chi connectivity index (χ0v) is 9.02. The Bertz CT molecular complexity index is 302. The van der Waals surface area contributed by atoms with Crippen LogP contribution in [0.25, 0.3) is 0 Å². The monoisotopic (exact) mass is 177 g/mol. The van der Waals surface area contributed by atoms with Gasteiger partial charge in [0.2, 0.25) is 0 Å². The van der Waals surface area contributed by atoms with E-state index < -0.39 is 0 Å². The highest BCUT2D eigenvalue weighted by atomic mass is 14.6. The molecule has 0 fully saturated rings. The van der Waals surface area contributed by atoms with Crippen molar-refractivity contribution in [1.82, 2.24) is 0 Å². The summed E-state index contributed by atoms with van der Waals surface area (Å²) in [6.07, 6.45) is 1.00. The molecule has 0 bridgehead atoms. The molecular weight excluding hydrogens is 158 g/mol. The van der Waals surface area contributed by atoms with Gasteiger partial charge < -0.3 is 5.73 Å². The summed E-state index contributed by atoms with van der Waals surface area (Å²) in [4.78, 5) is 0. The van der Waals surface area contributed by atoms with Gasteiger partial charge in [-0.2, -0.15) is 0 Å². The summed E-state index contributed by atoms with van der Waals surface area (Å²) in [5, 5.41) is 0. The van der Waals surface area contributed by atoms with E-state index in [-0.39, 0.29) is 6.04 Å². The largest absolute Gasteiger partial charge is 0.324 e. The van der Waals surface area contributed by atoms with Crippen molar-refractivity contribution in [3.05, 3.63) is 34.4 Å². The van der Waals surface area contributed by atoms with E-state index in [9.17, 15) is 0 Å². The van der Waals surface area contributed by atoms with Crippen LogP contribution in [0, 0.1) is 20.8 Å². The maximum absolute atomic E-state index is 6.01. The fraction of sp³-hybridized carbons (Fsp3) is 0.500. The van der Waals surface area contributed by atoms with Gasteiger partial charge in [-0.05, 0) is 49.4 Å². The lowest BCUT2D eigenvalue weighted by molar-refractivity contribution is 0.693. The van der Waals surface area contributed by atoms with Gasteiger partial charge in [-0.25, -0.2) is 0 Å². The van der Waals surface area contributed by atoms with E-state index in [2.05, 4.69) is 39.8 Å². The number of aryl methyl sites for hydroxylation is 3. The van der Waals surface area contributed by atoms with Gasteiger partial charge in [0.25, 0.3) is 0 Å². The van der Waals surface area contributed by atoms with Crippen LogP contribution in [0.4, 0.5) is 0 Å². The molecule has 1 aromatic rings. The lowest BCUT2D eigenvalue weighted by atomic mass is 9.95. The molecule has 0 aliphatic heterocycles. The molecule has 1 heteroatoms. The van der Waals surface area contributed by atoms with Crippen LogP contribution in [0.5, 0.6) is 0 Å². The second kappa shape index (κ2) is 3.93. The molecule has 0 aliphatic carbocycles. The lowest BCUT2D eigenvalue weighted by Gasteiger charge is -2.14. The molecule has 0 heterocycles. The van der Waals surface area contributed by atoms with Crippen LogP contribution in [0.1, 0.15) is 41.6 Å². The van der Waals surface area contributed by atoms with Crippen molar-refractivity contribution < 1.29 is 0 Å². The Morgan fingerprint density at radius 1 is 1.08 bits per heavy atom. The van der Waals surface area contributed by atoms with E-state index in [1.165, 1.54) is 22.3 Å². The van der Waals surface area contributed by atoms with Crippen LogP contribution in [0.15, 0.2) is 12.1 Å². The standard InChI is InChI=1S/C12H19N/c1-5-12(13)11-7-9(3)8(2)6-10(11)4/h6-7,12H,5,13H2,1-4H3. The molecule has 1 aromatic carbocycles. The van der Waals surface area contributed by atoms with E-state index in [0.717, 1.165) is 6.42 Å². The Kier molecular flexibility index (Phi) is 3.10. The highest BCUT2D eigenvalue weighted by Crippen LogP contribution is 2.21. The number of rotatable bonds is 2. The first kappa shape index (κ1) is 10.3. The molecule has 0 aliphatic rings. The summed E-state index contributed by atoms with van der Waals surface area (Å²) in [6.45, 7) is 8.54. The van der Waals surface area contributed by atoms with E-state index in [0.29, 0.717) is 0 Å². The van der Waals surface area contributed by atoms with E-state index >= 15 is 0 Å². The van der Waals surface area contributed by atoms with E-state index in [4.69, 9.17) is 5.73 Å². The summed E-state index contributed by atoms with van der Waals surface area (Å²) in [5.41, 5.74) is 11.3. The van der Waals surface area contributed by atoms with Gasteiger partial charge in [-0.15, -0.1) is 0 Å². The lowest BCUT2D eigenvalue weighted by Crippen LogP contribution is -2.10. The Morgan fingerprint density at radius 3 is 2.15 bits per heavy atom. The first-order chi connectivity index (χ1) is 6.06. The highest BCUT2D eigenvalue weighted by molar-refractivity contribution is 5.37. The number of hydrogen-bond acceptors (Lipinski definition) is 1. The predicted octanol–water partition coefficient (Wildman–Crippen LogP) is 3.02. The molecule has 1 unspecified atom stereocenters. The minimum atomic E-state index is 0.194. The second-order valence-electron chi connectivity index (χ2n) is 3.81. The van der Waals surface area contributed by atoms with Gasteiger partial charge >= 0.3 is 0 Å². The van der Waals surface area contributed by atoms with Crippen LogP contribution < -0.4 is 5.73 Å². The maximum atomic E-state index is 6.01. The van der Waals surface area contributed by atoms with Crippen LogP contribution in [-0.4, -0.2) is 0 Å². The Balaban J connectivity index is 3.15. The number of benzene rings is 1. The van der Waals surface area contributed by atoms with E-state index in [1.54, 1.807) is 0 Å². The van der Waals surface area contributed by atoms with Gasteiger partial charge in [-0.1, -0.05) is 19.1 Å². The van der Waals surface area contributed by atoms with Crippen LogP contribution in [0.2, 0.25) is 0 Å². The average molecular weight is 177 g/mol. The van der Waals surface area contributed by atoms with Crippen molar-refractivity contribution in [2.75, 3.05) is 0 Å². The molecule has 0 amide bonds.